The quantitative estimate of drug-likeness (QED) is 0.218. The first kappa shape index (κ1) is 26.0. The molecule has 0 amide bonds. The van der Waals surface area contributed by atoms with Crippen molar-refractivity contribution in [2.45, 2.75) is 34.3 Å². The predicted molar refractivity (Wildman–Crippen MR) is 139 cm³/mol. The number of nitrogens with one attached hydrogen (secondary N) is 3. The Morgan fingerprint density at radius 3 is 2.52 bits per heavy atom. The molecule has 8 heteroatoms. The number of nitrogens with zero attached hydrogens (tertiary/aromatic N) is 1. The highest BCUT2D eigenvalue weighted by molar-refractivity contribution is 8.00. The number of nitrogens with two attached hydrogens (primary N) is 1. The summed E-state index contributed by atoms with van der Waals surface area (Å²) >= 11 is 1.55. The van der Waals surface area contributed by atoms with E-state index in [1.54, 1.807) is 37.3 Å². The summed E-state index contributed by atoms with van der Waals surface area (Å²) in [5, 5.41) is 11.9. The van der Waals surface area contributed by atoms with Crippen LogP contribution in [0.5, 0.6) is 5.75 Å². The van der Waals surface area contributed by atoms with Gasteiger partial charge in [-0.1, -0.05) is 50.9 Å². The number of benzene rings is 2. The van der Waals surface area contributed by atoms with Gasteiger partial charge in [-0.3, -0.25) is 5.41 Å². The Balaban J connectivity index is 0.00000187. The first-order chi connectivity index (χ1) is 15.9. The lowest BCUT2D eigenvalue weighted by atomic mass is 9.99. The van der Waals surface area contributed by atoms with Crippen LogP contribution in [0.2, 0.25) is 0 Å². The Morgan fingerprint density at radius 2 is 1.88 bits per heavy atom. The fourth-order valence-electron chi connectivity index (χ4n) is 3.11. The Kier molecular flexibility index (Phi) is 10.00. The van der Waals surface area contributed by atoms with Crippen molar-refractivity contribution in [1.29, 1.82) is 5.41 Å². The lowest BCUT2D eigenvalue weighted by Crippen LogP contribution is -2.12. The maximum Gasteiger partial charge on any atom is 0.144 e. The molecule has 6 nitrogen and oxygen atoms in total. The van der Waals surface area contributed by atoms with Gasteiger partial charge < -0.3 is 20.5 Å². The number of anilines is 3. The highest BCUT2D eigenvalue weighted by Crippen LogP contribution is 2.32. The second kappa shape index (κ2) is 12.7. The van der Waals surface area contributed by atoms with Gasteiger partial charge in [-0.05, 0) is 42.3 Å². The minimum Gasteiger partial charge on any atom is -0.487 e. The van der Waals surface area contributed by atoms with E-state index in [1.165, 1.54) is 12.1 Å². The Labute approximate surface area is 199 Å². The van der Waals surface area contributed by atoms with E-state index < -0.39 is 0 Å². The van der Waals surface area contributed by atoms with Gasteiger partial charge in [0.25, 0.3) is 0 Å². The molecule has 0 fully saturated rings. The van der Waals surface area contributed by atoms with Crippen molar-refractivity contribution in [3.05, 3.63) is 76.7 Å². The first-order valence-corrected chi connectivity index (χ1v) is 11.8. The molecular formula is C25H32FN5OS. The van der Waals surface area contributed by atoms with E-state index in [9.17, 15) is 4.39 Å². The summed E-state index contributed by atoms with van der Waals surface area (Å²) in [5.41, 5.74) is 10.9. The number of pyridine rings is 1. The normalized spacial score (nSPS) is 10.1. The van der Waals surface area contributed by atoms with Gasteiger partial charge in [0.2, 0.25) is 0 Å². The van der Waals surface area contributed by atoms with E-state index in [0.29, 0.717) is 16.9 Å². The number of rotatable bonds is 9. The third-order valence-electron chi connectivity index (χ3n) is 4.70. The number of halogens is 1. The van der Waals surface area contributed by atoms with Gasteiger partial charge in [0.05, 0.1) is 22.6 Å². The standard InChI is InChI=1S/C23H26FN5OS.C2H6/c1-4-31-29-18-10-7-16(11-19(18)30-13-15-5-8-17(24)9-6-15)21(25)20-22(27-3)14(2)12-28-23(20)26;1-2/h5-12,25,29H,4,13H2,1-3H3,(H3,26,27,28);1-2H3. The van der Waals surface area contributed by atoms with Gasteiger partial charge in [-0.2, -0.15) is 0 Å². The molecule has 0 unspecified atom stereocenters. The van der Waals surface area contributed by atoms with Crippen LogP contribution in [-0.2, 0) is 6.61 Å². The van der Waals surface area contributed by atoms with Crippen LogP contribution in [0.25, 0.3) is 0 Å². The predicted octanol–water partition coefficient (Wildman–Crippen LogP) is 6.25. The van der Waals surface area contributed by atoms with Gasteiger partial charge >= 0.3 is 0 Å². The second-order valence-corrected chi connectivity index (χ2v) is 7.93. The molecule has 3 aromatic rings. The summed E-state index contributed by atoms with van der Waals surface area (Å²) in [6, 6.07) is 11.7. The Hall–Kier alpha value is -3.26. The van der Waals surface area contributed by atoms with Gasteiger partial charge in [0, 0.05) is 24.6 Å². The van der Waals surface area contributed by atoms with Gasteiger partial charge in [0.15, 0.2) is 0 Å². The van der Waals surface area contributed by atoms with E-state index in [-0.39, 0.29) is 24.0 Å². The summed E-state index contributed by atoms with van der Waals surface area (Å²) in [4.78, 5) is 4.22. The number of hydrogen-bond acceptors (Lipinski definition) is 7. The van der Waals surface area contributed by atoms with Crippen LogP contribution in [-0.4, -0.2) is 23.5 Å². The van der Waals surface area contributed by atoms with Gasteiger partial charge in [-0.15, -0.1) is 0 Å². The molecule has 2 aromatic carbocycles. The molecule has 1 heterocycles. The summed E-state index contributed by atoms with van der Waals surface area (Å²) in [6.07, 6.45) is 1.68. The number of aromatic nitrogens is 1. The van der Waals surface area contributed by atoms with Crippen molar-refractivity contribution < 1.29 is 9.13 Å². The third kappa shape index (κ3) is 6.61. The van der Waals surface area contributed by atoms with E-state index in [1.807, 2.05) is 45.9 Å². The number of hydrogen-bond donors (Lipinski definition) is 4. The van der Waals surface area contributed by atoms with Gasteiger partial charge in [0.1, 0.15) is 24.0 Å². The largest absolute Gasteiger partial charge is 0.487 e. The molecule has 0 aliphatic carbocycles. The van der Waals surface area contributed by atoms with Crippen LogP contribution in [0.15, 0.2) is 48.7 Å². The molecule has 3 rings (SSSR count). The van der Waals surface area contributed by atoms with Crippen molar-refractivity contribution >= 4 is 34.9 Å². The molecule has 0 bridgehead atoms. The average molecular weight is 470 g/mol. The summed E-state index contributed by atoms with van der Waals surface area (Å²) in [6.45, 7) is 8.24. The molecule has 0 aliphatic rings. The lowest BCUT2D eigenvalue weighted by molar-refractivity contribution is 0.308. The zero-order valence-electron chi connectivity index (χ0n) is 19.8. The van der Waals surface area contributed by atoms with Crippen molar-refractivity contribution in [3.8, 4) is 5.75 Å². The molecule has 0 atom stereocenters. The highest BCUT2D eigenvalue weighted by Gasteiger charge is 2.18. The van der Waals surface area contributed by atoms with Crippen LogP contribution in [0.1, 0.15) is 43.0 Å². The van der Waals surface area contributed by atoms with Crippen LogP contribution in [0.4, 0.5) is 21.6 Å². The molecule has 0 saturated heterocycles. The Morgan fingerprint density at radius 1 is 1.18 bits per heavy atom. The molecule has 176 valence electrons. The lowest BCUT2D eigenvalue weighted by Gasteiger charge is -2.17. The van der Waals surface area contributed by atoms with Crippen LogP contribution < -0.4 is 20.5 Å². The zero-order valence-corrected chi connectivity index (χ0v) is 20.6. The monoisotopic (exact) mass is 469 g/mol. The molecule has 0 saturated carbocycles. The smallest absolute Gasteiger partial charge is 0.144 e. The summed E-state index contributed by atoms with van der Waals surface area (Å²) < 4.78 is 22.5. The molecule has 0 aliphatic heterocycles. The van der Waals surface area contributed by atoms with E-state index in [2.05, 4.69) is 15.0 Å². The summed E-state index contributed by atoms with van der Waals surface area (Å²) in [5.74, 6) is 1.48. The molecule has 0 spiro atoms. The average Bonchev–Trinajstić information content (AvgIpc) is 2.84. The van der Waals surface area contributed by atoms with Crippen molar-refractivity contribution in [3.63, 3.8) is 0 Å². The van der Waals surface area contributed by atoms with Crippen molar-refractivity contribution in [2.75, 3.05) is 28.6 Å². The molecule has 1 aromatic heterocycles. The maximum atomic E-state index is 13.2. The number of ether oxygens (including phenoxy) is 1. The number of aryl methyl sites for hydroxylation is 1. The fourth-order valence-corrected chi connectivity index (χ4v) is 3.58. The molecule has 0 radical (unpaired) electrons. The van der Waals surface area contributed by atoms with E-state index >= 15 is 0 Å². The third-order valence-corrected chi connectivity index (χ3v) is 5.36. The molecule has 5 N–H and O–H groups in total. The minimum atomic E-state index is -0.286. The number of nitrogen functional groups attached to an aromatic ring is 1. The summed E-state index contributed by atoms with van der Waals surface area (Å²) in [7, 11) is 1.80. The minimum absolute atomic E-state index is 0.249. The van der Waals surface area contributed by atoms with Crippen LogP contribution in [0, 0.1) is 18.2 Å². The molecular weight excluding hydrogens is 437 g/mol. The van der Waals surface area contributed by atoms with Crippen LogP contribution >= 0.6 is 11.9 Å². The fraction of sp³-hybridized carbons (Fsp3) is 0.280. The van der Waals surface area contributed by atoms with E-state index in [0.717, 1.165) is 28.3 Å². The zero-order chi connectivity index (χ0) is 24.4. The Bertz CT molecular complexity index is 1070. The van der Waals surface area contributed by atoms with Crippen LogP contribution in [0.3, 0.4) is 0 Å². The molecule has 33 heavy (non-hydrogen) atoms. The van der Waals surface area contributed by atoms with Crippen molar-refractivity contribution in [2.24, 2.45) is 0 Å². The van der Waals surface area contributed by atoms with E-state index in [4.69, 9.17) is 15.9 Å². The first-order valence-electron chi connectivity index (χ1n) is 10.9. The maximum absolute atomic E-state index is 13.2. The second-order valence-electron chi connectivity index (χ2n) is 6.86. The topological polar surface area (TPSA) is 96.1 Å². The SMILES string of the molecule is CC.CCSNc1ccc(C(=N)c2c(N)ncc(C)c2NC)cc1OCc1ccc(F)cc1. The van der Waals surface area contributed by atoms with Crippen molar-refractivity contribution in [1.82, 2.24) is 4.98 Å². The highest BCUT2D eigenvalue weighted by atomic mass is 32.2. The van der Waals surface area contributed by atoms with Gasteiger partial charge in [-0.25, -0.2) is 9.37 Å².